The number of fused-ring (bicyclic) bond motifs is 1. The molecular weight excluding hydrogens is 308 g/mol. The first kappa shape index (κ1) is 18.9. The SMILES string of the molecule is C=CCCCC(=O)N1C[C@@H]2OC(C)(C)O[C@@H]2[C@H]1C(=O)NC(C)(C)C. The fourth-order valence-corrected chi connectivity index (χ4v) is 3.29. The van der Waals surface area contributed by atoms with Crippen LogP contribution in [0.4, 0.5) is 0 Å². The highest BCUT2D eigenvalue weighted by Gasteiger charge is 2.56. The second kappa shape index (κ2) is 6.84. The molecule has 2 rings (SSSR count). The van der Waals surface area contributed by atoms with Crippen molar-refractivity contribution in [3.05, 3.63) is 12.7 Å². The molecule has 0 aliphatic carbocycles. The Hall–Kier alpha value is -1.40. The number of carbonyl (C=O) groups is 2. The minimum absolute atomic E-state index is 0.0367. The molecule has 1 N–H and O–H groups in total. The molecule has 0 aromatic heterocycles. The summed E-state index contributed by atoms with van der Waals surface area (Å²) in [5.74, 6) is -0.952. The molecule has 0 saturated carbocycles. The van der Waals surface area contributed by atoms with E-state index in [9.17, 15) is 9.59 Å². The van der Waals surface area contributed by atoms with E-state index in [-0.39, 0.29) is 23.5 Å². The first-order valence-electron chi connectivity index (χ1n) is 8.62. The standard InChI is InChI=1S/C18H30N2O4/c1-7-8-9-10-13(21)20-11-12-15(24-18(5,6)23-12)14(20)16(22)19-17(2,3)4/h7,12,14-15H,1,8-11H2,2-6H3,(H,19,22)/t12-,14-,15-/m0/s1. The number of unbranched alkanes of at least 4 members (excludes halogenated alkanes) is 1. The second-order valence-corrected chi connectivity index (χ2v) is 8.05. The maximum atomic E-state index is 12.8. The van der Waals surface area contributed by atoms with E-state index in [1.54, 1.807) is 11.0 Å². The smallest absolute Gasteiger partial charge is 0.246 e. The fraction of sp³-hybridized carbons (Fsp3) is 0.778. The van der Waals surface area contributed by atoms with Crippen LogP contribution < -0.4 is 5.32 Å². The third-order valence-corrected chi connectivity index (χ3v) is 4.13. The summed E-state index contributed by atoms with van der Waals surface area (Å²) in [6.07, 6.45) is 3.02. The van der Waals surface area contributed by atoms with Gasteiger partial charge in [0.15, 0.2) is 5.79 Å². The second-order valence-electron chi connectivity index (χ2n) is 8.05. The summed E-state index contributed by atoms with van der Waals surface area (Å²) >= 11 is 0. The van der Waals surface area contributed by atoms with E-state index in [2.05, 4.69) is 11.9 Å². The average molecular weight is 338 g/mol. The van der Waals surface area contributed by atoms with Crippen molar-refractivity contribution in [2.75, 3.05) is 6.54 Å². The maximum Gasteiger partial charge on any atom is 0.246 e. The largest absolute Gasteiger partial charge is 0.350 e. The van der Waals surface area contributed by atoms with Crippen molar-refractivity contribution in [2.45, 2.75) is 83.5 Å². The number of nitrogens with one attached hydrogen (secondary N) is 1. The van der Waals surface area contributed by atoms with Gasteiger partial charge in [0.1, 0.15) is 18.2 Å². The van der Waals surface area contributed by atoms with E-state index in [1.807, 2.05) is 34.6 Å². The molecule has 6 heteroatoms. The third-order valence-electron chi connectivity index (χ3n) is 4.13. The van der Waals surface area contributed by atoms with Gasteiger partial charge in [-0.05, 0) is 47.5 Å². The Morgan fingerprint density at radius 1 is 1.33 bits per heavy atom. The molecule has 0 aromatic rings. The van der Waals surface area contributed by atoms with Crippen LogP contribution in [-0.4, -0.2) is 52.8 Å². The van der Waals surface area contributed by atoms with Crippen molar-refractivity contribution in [1.82, 2.24) is 10.2 Å². The van der Waals surface area contributed by atoms with Gasteiger partial charge in [-0.1, -0.05) is 6.08 Å². The van der Waals surface area contributed by atoms with Crippen molar-refractivity contribution in [2.24, 2.45) is 0 Å². The van der Waals surface area contributed by atoms with E-state index >= 15 is 0 Å². The van der Waals surface area contributed by atoms with Crippen LogP contribution in [0.25, 0.3) is 0 Å². The van der Waals surface area contributed by atoms with Gasteiger partial charge in [-0.2, -0.15) is 0 Å². The molecule has 0 unspecified atom stereocenters. The summed E-state index contributed by atoms with van der Waals surface area (Å²) in [4.78, 5) is 27.0. The molecule has 6 nitrogen and oxygen atoms in total. The average Bonchev–Trinajstić information content (AvgIpc) is 2.88. The van der Waals surface area contributed by atoms with Gasteiger partial charge in [-0.3, -0.25) is 9.59 Å². The summed E-state index contributed by atoms with van der Waals surface area (Å²) in [6, 6.07) is -0.646. The topological polar surface area (TPSA) is 67.9 Å². The summed E-state index contributed by atoms with van der Waals surface area (Å²) < 4.78 is 11.8. The first-order valence-corrected chi connectivity index (χ1v) is 8.62. The van der Waals surface area contributed by atoms with Gasteiger partial charge in [0.25, 0.3) is 0 Å². The van der Waals surface area contributed by atoms with Gasteiger partial charge in [-0.25, -0.2) is 0 Å². The van der Waals surface area contributed by atoms with Gasteiger partial charge in [0, 0.05) is 12.0 Å². The maximum absolute atomic E-state index is 12.8. The van der Waals surface area contributed by atoms with Gasteiger partial charge in [0.2, 0.25) is 11.8 Å². The van der Waals surface area contributed by atoms with Crippen LogP contribution in [0.3, 0.4) is 0 Å². The van der Waals surface area contributed by atoms with Crippen molar-refractivity contribution in [3.8, 4) is 0 Å². The molecule has 2 aliphatic rings. The summed E-state index contributed by atoms with van der Waals surface area (Å²) in [5, 5.41) is 2.97. The van der Waals surface area contributed by atoms with Crippen LogP contribution >= 0.6 is 0 Å². The number of hydrogen-bond donors (Lipinski definition) is 1. The molecule has 2 fully saturated rings. The summed E-state index contributed by atoms with van der Waals surface area (Å²) in [5.41, 5.74) is -0.373. The minimum Gasteiger partial charge on any atom is -0.350 e. The number of nitrogens with zero attached hydrogens (tertiary/aromatic N) is 1. The Morgan fingerprint density at radius 2 is 2.00 bits per heavy atom. The lowest BCUT2D eigenvalue weighted by Gasteiger charge is -2.31. The molecule has 0 bridgehead atoms. The highest BCUT2D eigenvalue weighted by Crippen LogP contribution is 2.37. The zero-order chi connectivity index (χ0) is 18.1. The Bertz CT molecular complexity index is 510. The van der Waals surface area contributed by atoms with E-state index < -0.39 is 17.9 Å². The fourth-order valence-electron chi connectivity index (χ4n) is 3.29. The van der Waals surface area contributed by atoms with Crippen LogP contribution in [0.2, 0.25) is 0 Å². The lowest BCUT2D eigenvalue weighted by atomic mass is 10.1. The van der Waals surface area contributed by atoms with E-state index in [1.165, 1.54) is 0 Å². The molecule has 24 heavy (non-hydrogen) atoms. The molecule has 3 atom stereocenters. The number of likely N-dealkylation sites (tertiary alicyclic amines) is 1. The molecular formula is C18H30N2O4. The van der Waals surface area contributed by atoms with Crippen LogP contribution in [0.15, 0.2) is 12.7 Å². The Labute approximate surface area is 144 Å². The van der Waals surface area contributed by atoms with Gasteiger partial charge >= 0.3 is 0 Å². The predicted octanol–water partition coefficient (Wildman–Crippen LogP) is 1.99. The van der Waals surface area contributed by atoms with E-state index in [0.29, 0.717) is 13.0 Å². The number of rotatable bonds is 5. The van der Waals surface area contributed by atoms with E-state index in [4.69, 9.17) is 9.47 Å². The normalized spacial score (nSPS) is 28.5. The van der Waals surface area contributed by atoms with Crippen LogP contribution in [0.5, 0.6) is 0 Å². The van der Waals surface area contributed by atoms with Crippen LogP contribution in [0.1, 0.15) is 53.9 Å². The Balaban J connectivity index is 2.15. The quantitative estimate of drug-likeness (QED) is 0.615. The zero-order valence-electron chi connectivity index (χ0n) is 15.4. The summed E-state index contributed by atoms with van der Waals surface area (Å²) in [6.45, 7) is 13.5. The van der Waals surface area contributed by atoms with Crippen molar-refractivity contribution in [3.63, 3.8) is 0 Å². The minimum atomic E-state index is -0.729. The van der Waals surface area contributed by atoms with Gasteiger partial charge < -0.3 is 19.7 Å². The molecule has 0 radical (unpaired) electrons. The van der Waals surface area contributed by atoms with Crippen molar-refractivity contribution < 1.29 is 19.1 Å². The van der Waals surface area contributed by atoms with Crippen molar-refractivity contribution in [1.29, 1.82) is 0 Å². The molecule has 0 spiro atoms. The molecule has 2 heterocycles. The van der Waals surface area contributed by atoms with Gasteiger partial charge in [-0.15, -0.1) is 6.58 Å². The molecule has 2 amide bonds. The van der Waals surface area contributed by atoms with Crippen LogP contribution in [-0.2, 0) is 19.1 Å². The number of hydrogen-bond acceptors (Lipinski definition) is 4. The zero-order valence-corrected chi connectivity index (χ0v) is 15.4. The Morgan fingerprint density at radius 3 is 2.58 bits per heavy atom. The summed E-state index contributed by atoms with van der Waals surface area (Å²) in [7, 11) is 0. The lowest BCUT2D eigenvalue weighted by Crippen LogP contribution is -2.55. The number of ether oxygens (including phenoxy) is 2. The highest BCUT2D eigenvalue weighted by molar-refractivity contribution is 5.89. The molecule has 2 saturated heterocycles. The molecule has 136 valence electrons. The number of amides is 2. The highest BCUT2D eigenvalue weighted by atomic mass is 16.8. The monoisotopic (exact) mass is 338 g/mol. The van der Waals surface area contributed by atoms with Crippen LogP contribution in [0, 0.1) is 0 Å². The lowest BCUT2D eigenvalue weighted by molar-refractivity contribution is -0.170. The number of carbonyl (C=O) groups excluding carboxylic acids is 2. The van der Waals surface area contributed by atoms with Crippen molar-refractivity contribution >= 4 is 11.8 Å². The van der Waals surface area contributed by atoms with Gasteiger partial charge in [0.05, 0.1) is 6.54 Å². The third kappa shape index (κ3) is 4.36. The molecule has 0 aromatic carbocycles. The van der Waals surface area contributed by atoms with E-state index in [0.717, 1.165) is 12.8 Å². The first-order chi connectivity index (χ1) is 11.0. The number of allylic oxidation sites excluding steroid dienone is 1. The predicted molar refractivity (Wildman–Crippen MR) is 91.3 cm³/mol. The Kier molecular flexibility index (Phi) is 5.40. The molecule has 2 aliphatic heterocycles.